The molecule has 1 N–H and O–H groups in total. The van der Waals surface area contributed by atoms with Crippen LogP contribution in [0.25, 0.3) is 0 Å². The van der Waals surface area contributed by atoms with Crippen molar-refractivity contribution in [1.29, 1.82) is 0 Å². The normalized spacial score (nSPS) is 12.4. The van der Waals surface area contributed by atoms with Gasteiger partial charge in [-0.1, -0.05) is 19.1 Å². The van der Waals surface area contributed by atoms with E-state index in [1.54, 1.807) is 11.3 Å². The van der Waals surface area contributed by atoms with E-state index in [0.29, 0.717) is 6.61 Å². The molecular formula is C14H17NO2S. The summed E-state index contributed by atoms with van der Waals surface area (Å²) >= 11 is 1.60. The number of thiazole rings is 1. The summed E-state index contributed by atoms with van der Waals surface area (Å²) in [4.78, 5) is 4.34. The zero-order valence-corrected chi connectivity index (χ0v) is 11.4. The van der Waals surface area contributed by atoms with Crippen LogP contribution in [-0.2, 0) is 6.61 Å². The second-order valence-corrected chi connectivity index (χ2v) is 5.11. The molecule has 0 fully saturated rings. The Morgan fingerprint density at radius 1 is 1.33 bits per heavy atom. The topological polar surface area (TPSA) is 42.4 Å². The Labute approximate surface area is 111 Å². The third-order valence-corrected chi connectivity index (χ3v) is 3.62. The maximum Gasteiger partial charge on any atom is 0.140 e. The van der Waals surface area contributed by atoms with Crippen molar-refractivity contribution in [2.45, 2.75) is 33.0 Å². The van der Waals surface area contributed by atoms with E-state index in [4.69, 9.17) is 4.74 Å². The first-order chi connectivity index (χ1) is 8.69. The van der Waals surface area contributed by atoms with Crippen LogP contribution < -0.4 is 4.74 Å². The van der Waals surface area contributed by atoms with Crippen molar-refractivity contribution in [2.24, 2.45) is 0 Å². The molecule has 0 saturated carbocycles. The first-order valence-corrected chi connectivity index (χ1v) is 6.89. The molecule has 2 aromatic rings. The first kappa shape index (κ1) is 13.1. The van der Waals surface area contributed by atoms with E-state index in [1.807, 2.05) is 43.5 Å². The Morgan fingerprint density at radius 2 is 2.06 bits per heavy atom. The van der Waals surface area contributed by atoms with Gasteiger partial charge in [0.1, 0.15) is 17.4 Å². The fourth-order valence-electron chi connectivity index (χ4n) is 1.64. The van der Waals surface area contributed by atoms with Gasteiger partial charge in [-0.2, -0.15) is 0 Å². The van der Waals surface area contributed by atoms with Crippen molar-refractivity contribution in [3.8, 4) is 5.75 Å². The van der Waals surface area contributed by atoms with Crippen LogP contribution in [0.3, 0.4) is 0 Å². The zero-order chi connectivity index (χ0) is 13.0. The molecular weight excluding hydrogens is 246 g/mol. The predicted molar refractivity (Wildman–Crippen MR) is 72.9 cm³/mol. The fraction of sp³-hybridized carbons (Fsp3) is 0.357. The molecule has 3 nitrogen and oxygen atoms in total. The summed E-state index contributed by atoms with van der Waals surface area (Å²) in [6, 6.07) is 7.57. The predicted octanol–water partition coefficient (Wildman–Crippen LogP) is 3.47. The lowest BCUT2D eigenvalue weighted by atomic mass is 10.1. The second kappa shape index (κ2) is 5.98. The molecule has 0 bridgehead atoms. The highest BCUT2D eigenvalue weighted by Crippen LogP contribution is 2.21. The number of hydrogen-bond donors (Lipinski definition) is 1. The standard InChI is InChI=1S/C14H17NO2S/c1-3-13(16)11-4-6-12(7-5-11)17-8-14-15-10(2)9-18-14/h4-7,9,13,16H,3,8H2,1-2H3/t13-/m1/s1. The molecule has 4 heteroatoms. The zero-order valence-electron chi connectivity index (χ0n) is 10.6. The molecule has 0 aliphatic carbocycles. The van der Waals surface area contributed by atoms with Crippen molar-refractivity contribution >= 4 is 11.3 Å². The molecule has 0 aliphatic rings. The SMILES string of the molecule is CC[C@@H](O)c1ccc(OCc2nc(C)cs2)cc1. The quantitative estimate of drug-likeness (QED) is 0.898. The smallest absolute Gasteiger partial charge is 0.140 e. The van der Waals surface area contributed by atoms with Crippen LogP contribution in [0.2, 0.25) is 0 Å². The average molecular weight is 263 g/mol. The number of hydrogen-bond acceptors (Lipinski definition) is 4. The van der Waals surface area contributed by atoms with Gasteiger partial charge in [0.15, 0.2) is 0 Å². The van der Waals surface area contributed by atoms with E-state index >= 15 is 0 Å². The summed E-state index contributed by atoms with van der Waals surface area (Å²) in [5.74, 6) is 0.801. The Balaban J connectivity index is 1.94. The summed E-state index contributed by atoms with van der Waals surface area (Å²) in [5, 5.41) is 12.7. The fourth-order valence-corrected chi connectivity index (χ4v) is 2.32. The van der Waals surface area contributed by atoms with E-state index in [0.717, 1.165) is 28.4 Å². The van der Waals surface area contributed by atoms with Gasteiger partial charge in [0.2, 0.25) is 0 Å². The largest absolute Gasteiger partial charge is 0.486 e. The Kier molecular flexibility index (Phi) is 4.33. The van der Waals surface area contributed by atoms with Gasteiger partial charge in [-0.3, -0.25) is 0 Å². The van der Waals surface area contributed by atoms with Crippen molar-refractivity contribution in [1.82, 2.24) is 4.98 Å². The van der Waals surface area contributed by atoms with Crippen LogP contribution in [0, 0.1) is 6.92 Å². The maximum absolute atomic E-state index is 9.68. The van der Waals surface area contributed by atoms with Gasteiger partial charge in [0, 0.05) is 11.1 Å². The Morgan fingerprint density at radius 3 is 2.61 bits per heavy atom. The van der Waals surface area contributed by atoms with Crippen LogP contribution >= 0.6 is 11.3 Å². The summed E-state index contributed by atoms with van der Waals surface area (Å²) in [6.07, 6.45) is 0.333. The number of aromatic nitrogens is 1. The molecule has 0 radical (unpaired) electrons. The Hall–Kier alpha value is -1.39. The van der Waals surface area contributed by atoms with Crippen molar-refractivity contribution in [3.63, 3.8) is 0 Å². The molecule has 1 heterocycles. The molecule has 2 rings (SSSR count). The Bertz CT molecular complexity index is 493. The highest BCUT2D eigenvalue weighted by Gasteiger charge is 2.05. The minimum absolute atomic E-state index is 0.388. The van der Waals surface area contributed by atoms with Crippen molar-refractivity contribution in [2.75, 3.05) is 0 Å². The van der Waals surface area contributed by atoms with Gasteiger partial charge in [-0.25, -0.2) is 4.98 Å². The third kappa shape index (κ3) is 3.31. The van der Waals surface area contributed by atoms with E-state index in [9.17, 15) is 5.11 Å². The molecule has 1 aromatic heterocycles. The van der Waals surface area contributed by atoms with E-state index in [-0.39, 0.29) is 6.10 Å². The molecule has 1 aromatic carbocycles. The third-order valence-electron chi connectivity index (χ3n) is 2.68. The summed E-state index contributed by atoms with van der Waals surface area (Å²) < 4.78 is 5.64. The molecule has 0 spiro atoms. The van der Waals surface area contributed by atoms with Crippen LogP contribution in [-0.4, -0.2) is 10.1 Å². The first-order valence-electron chi connectivity index (χ1n) is 6.01. The van der Waals surface area contributed by atoms with Gasteiger partial charge in [0.05, 0.1) is 6.10 Å². The number of aryl methyl sites for hydroxylation is 1. The van der Waals surface area contributed by atoms with Crippen LogP contribution in [0.5, 0.6) is 5.75 Å². The summed E-state index contributed by atoms with van der Waals surface area (Å²) in [7, 11) is 0. The number of benzene rings is 1. The van der Waals surface area contributed by atoms with Crippen LogP contribution in [0.1, 0.15) is 35.7 Å². The van der Waals surface area contributed by atoms with Crippen molar-refractivity contribution < 1.29 is 9.84 Å². The van der Waals surface area contributed by atoms with Crippen molar-refractivity contribution in [3.05, 3.63) is 45.9 Å². The summed E-state index contributed by atoms with van der Waals surface area (Å²) in [6.45, 7) is 4.43. The van der Waals surface area contributed by atoms with E-state index in [1.165, 1.54) is 0 Å². The minimum Gasteiger partial charge on any atom is -0.486 e. The molecule has 0 aliphatic heterocycles. The number of aliphatic hydroxyl groups is 1. The van der Waals surface area contributed by atoms with Gasteiger partial charge >= 0.3 is 0 Å². The molecule has 0 amide bonds. The number of ether oxygens (including phenoxy) is 1. The van der Waals surface area contributed by atoms with Gasteiger partial charge in [-0.15, -0.1) is 11.3 Å². The van der Waals surface area contributed by atoms with Gasteiger partial charge in [0.25, 0.3) is 0 Å². The molecule has 1 atom stereocenters. The maximum atomic E-state index is 9.68. The van der Waals surface area contributed by atoms with E-state index < -0.39 is 0 Å². The van der Waals surface area contributed by atoms with Gasteiger partial charge < -0.3 is 9.84 Å². The monoisotopic (exact) mass is 263 g/mol. The average Bonchev–Trinajstić information content (AvgIpc) is 2.82. The highest BCUT2D eigenvalue weighted by molar-refractivity contribution is 7.09. The van der Waals surface area contributed by atoms with E-state index in [2.05, 4.69) is 4.98 Å². The molecule has 18 heavy (non-hydrogen) atoms. The number of nitrogens with zero attached hydrogens (tertiary/aromatic N) is 1. The molecule has 0 unspecified atom stereocenters. The number of aliphatic hydroxyl groups excluding tert-OH is 1. The lowest BCUT2D eigenvalue weighted by Crippen LogP contribution is -1.97. The lowest BCUT2D eigenvalue weighted by Gasteiger charge is -2.09. The summed E-state index contributed by atoms with van der Waals surface area (Å²) in [5.41, 5.74) is 1.95. The van der Waals surface area contributed by atoms with Crippen LogP contribution in [0.15, 0.2) is 29.6 Å². The number of rotatable bonds is 5. The van der Waals surface area contributed by atoms with Gasteiger partial charge in [-0.05, 0) is 31.0 Å². The molecule has 0 saturated heterocycles. The van der Waals surface area contributed by atoms with Crippen LogP contribution in [0.4, 0.5) is 0 Å². The lowest BCUT2D eigenvalue weighted by molar-refractivity contribution is 0.173. The molecule has 96 valence electrons. The highest BCUT2D eigenvalue weighted by atomic mass is 32.1. The minimum atomic E-state index is -0.388. The second-order valence-electron chi connectivity index (χ2n) is 4.16.